The van der Waals surface area contributed by atoms with E-state index in [0.29, 0.717) is 5.88 Å². The summed E-state index contributed by atoms with van der Waals surface area (Å²) in [7, 11) is 1.86. The molecule has 0 radical (unpaired) electrons. The largest absolute Gasteiger partial charge is 0.474 e. The summed E-state index contributed by atoms with van der Waals surface area (Å²) < 4.78 is 7.67. The minimum atomic E-state index is 0.245. The van der Waals surface area contributed by atoms with Gasteiger partial charge in [0.15, 0.2) is 5.65 Å². The summed E-state index contributed by atoms with van der Waals surface area (Å²) in [5, 5.41) is 8.37. The fourth-order valence-electron chi connectivity index (χ4n) is 2.11. The number of aryl methyl sites for hydroxylation is 1. The Morgan fingerprint density at radius 3 is 3.00 bits per heavy atom. The Hall–Kier alpha value is -1.69. The highest BCUT2D eigenvalue weighted by atomic mass is 16.5. The van der Waals surface area contributed by atoms with E-state index in [2.05, 4.69) is 20.4 Å². The van der Waals surface area contributed by atoms with Crippen molar-refractivity contribution in [1.82, 2.24) is 25.1 Å². The molecule has 0 spiro atoms. The van der Waals surface area contributed by atoms with Crippen molar-refractivity contribution in [1.29, 1.82) is 0 Å². The molecule has 0 saturated carbocycles. The van der Waals surface area contributed by atoms with Gasteiger partial charge in [-0.3, -0.25) is 4.68 Å². The second kappa shape index (κ2) is 4.29. The summed E-state index contributed by atoms with van der Waals surface area (Å²) in [4.78, 5) is 8.40. The third kappa shape index (κ3) is 1.95. The SMILES string of the molecule is Cn1ncc2c(OC3CCNCC3)ncnc21. The molecule has 6 nitrogen and oxygen atoms in total. The fourth-order valence-corrected chi connectivity index (χ4v) is 2.11. The zero-order valence-corrected chi connectivity index (χ0v) is 9.76. The van der Waals surface area contributed by atoms with Crippen molar-refractivity contribution in [3.8, 4) is 5.88 Å². The van der Waals surface area contributed by atoms with Crippen molar-refractivity contribution in [2.45, 2.75) is 18.9 Å². The summed E-state index contributed by atoms with van der Waals surface area (Å²) in [6.07, 6.45) is 5.57. The average Bonchev–Trinajstić information content (AvgIpc) is 2.74. The Morgan fingerprint density at radius 1 is 1.35 bits per heavy atom. The van der Waals surface area contributed by atoms with Crippen molar-refractivity contribution in [2.75, 3.05) is 13.1 Å². The molecule has 1 N–H and O–H groups in total. The molecule has 0 unspecified atom stereocenters. The topological polar surface area (TPSA) is 64.9 Å². The fraction of sp³-hybridized carbons (Fsp3) is 0.545. The molecule has 1 saturated heterocycles. The van der Waals surface area contributed by atoms with E-state index in [1.165, 1.54) is 6.33 Å². The smallest absolute Gasteiger partial charge is 0.228 e. The summed E-state index contributed by atoms with van der Waals surface area (Å²) in [5.74, 6) is 0.648. The Labute approximate surface area is 99.0 Å². The van der Waals surface area contributed by atoms with Crippen molar-refractivity contribution in [3.63, 3.8) is 0 Å². The first-order valence-electron chi connectivity index (χ1n) is 5.84. The first-order valence-corrected chi connectivity index (χ1v) is 5.84. The van der Waals surface area contributed by atoms with Gasteiger partial charge in [0.2, 0.25) is 5.88 Å². The van der Waals surface area contributed by atoms with E-state index in [0.717, 1.165) is 37.0 Å². The maximum Gasteiger partial charge on any atom is 0.228 e. The van der Waals surface area contributed by atoms with Gasteiger partial charge in [-0.25, -0.2) is 9.97 Å². The zero-order valence-electron chi connectivity index (χ0n) is 9.76. The molecule has 2 aromatic heterocycles. The molecule has 0 aliphatic carbocycles. The second-order valence-electron chi connectivity index (χ2n) is 4.25. The van der Waals surface area contributed by atoms with Crippen LogP contribution in [0.5, 0.6) is 5.88 Å². The van der Waals surface area contributed by atoms with Crippen molar-refractivity contribution in [3.05, 3.63) is 12.5 Å². The maximum absolute atomic E-state index is 5.94. The normalized spacial score (nSPS) is 17.5. The highest BCUT2D eigenvalue weighted by Gasteiger charge is 2.17. The Balaban J connectivity index is 1.89. The lowest BCUT2D eigenvalue weighted by Gasteiger charge is -2.23. The monoisotopic (exact) mass is 233 g/mol. The molecule has 1 fully saturated rings. The number of nitrogens with zero attached hydrogens (tertiary/aromatic N) is 4. The summed E-state index contributed by atoms with van der Waals surface area (Å²) in [5.41, 5.74) is 0.809. The molecule has 2 aromatic rings. The molecule has 6 heteroatoms. The predicted octanol–water partition coefficient (Wildman–Crippen LogP) is 0.494. The average molecular weight is 233 g/mol. The highest BCUT2D eigenvalue weighted by Crippen LogP contribution is 2.22. The van der Waals surface area contributed by atoms with Gasteiger partial charge in [0, 0.05) is 7.05 Å². The Bertz CT molecular complexity index is 518. The molecule has 1 aliphatic rings. The summed E-state index contributed by atoms with van der Waals surface area (Å²) in [6, 6.07) is 0. The van der Waals surface area contributed by atoms with E-state index < -0.39 is 0 Å². The Morgan fingerprint density at radius 2 is 2.18 bits per heavy atom. The molecule has 0 bridgehead atoms. The zero-order chi connectivity index (χ0) is 11.7. The number of ether oxygens (including phenoxy) is 1. The second-order valence-corrected chi connectivity index (χ2v) is 4.25. The molecule has 3 heterocycles. The first kappa shape index (κ1) is 10.5. The van der Waals surface area contributed by atoms with Gasteiger partial charge in [-0.15, -0.1) is 0 Å². The minimum absolute atomic E-state index is 0.245. The lowest BCUT2D eigenvalue weighted by Crippen LogP contribution is -2.34. The van der Waals surface area contributed by atoms with Crippen LogP contribution < -0.4 is 10.1 Å². The van der Waals surface area contributed by atoms with Crippen LogP contribution >= 0.6 is 0 Å². The van der Waals surface area contributed by atoms with Gasteiger partial charge in [-0.05, 0) is 25.9 Å². The number of hydrogen-bond donors (Lipinski definition) is 1. The first-order chi connectivity index (χ1) is 8.34. The summed E-state index contributed by atoms with van der Waals surface area (Å²) in [6.45, 7) is 2.01. The molecular weight excluding hydrogens is 218 g/mol. The number of piperidine rings is 1. The molecular formula is C11H15N5O. The standard InChI is InChI=1S/C11H15N5O/c1-16-10-9(6-15-16)11(14-7-13-10)17-8-2-4-12-5-3-8/h6-8,12H,2-5H2,1H3. The predicted molar refractivity (Wildman–Crippen MR) is 62.8 cm³/mol. The van der Waals surface area contributed by atoms with Crippen LogP contribution in [0.3, 0.4) is 0 Å². The molecule has 0 atom stereocenters. The highest BCUT2D eigenvalue weighted by molar-refractivity contribution is 5.79. The minimum Gasteiger partial charge on any atom is -0.474 e. The number of aromatic nitrogens is 4. The van der Waals surface area contributed by atoms with Crippen molar-refractivity contribution >= 4 is 11.0 Å². The lowest BCUT2D eigenvalue weighted by molar-refractivity contribution is 0.158. The van der Waals surface area contributed by atoms with Gasteiger partial charge >= 0.3 is 0 Å². The van der Waals surface area contributed by atoms with E-state index in [4.69, 9.17) is 4.74 Å². The van der Waals surface area contributed by atoms with E-state index in [9.17, 15) is 0 Å². The van der Waals surface area contributed by atoms with Crippen LogP contribution in [0.1, 0.15) is 12.8 Å². The van der Waals surface area contributed by atoms with Gasteiger partial charge in [-0.2, -0.15) is 5.10 Å². The molecule has 0 aromatic carbocycles. The number of hydrogen-bond acceptors (Lipinski definition) is 5. The lowest BCUT2D eigenvalue weighted by atomic mass is 10.1. The van der Waals surface area contributed by atoms with E-state index in [1.54, 1.807) is 10.9 Å². The molecule has 0 amide bonds. The van der Waals surface area contributed by atoms with Crippen LogP contribution in [0, 0.1) is 0 Å². The van der Waals surface area contributed by atoms with E-state index in [-0.39, 0.29) is 6.10 Å². The van der Waals surface area contributed by atoms with E-state index >= 15 is 0 Å². The molecule has 17 heavy (non-hydrogen) atoms. The molecule has 90 valence electrons. The van der Waals surface area contributed by atoms with Gasteiger partial charge in [0.1, 0.15) is 17.8 Å². The van der Waals surface area contributed by atoms with Gasteiger partial charge < -0.3 is 10.1 Å². The van der Waals surface area contributed by atoms with Crippen LogP contribution in [0.4, 0.5) is 0 Å². The van der Waals surface area contributed by atoms with Crippen molar-refractivity contribution in [2.24, 2.45) is 7.05 Å². The quantitative estimate of drug-likeness (QED) is 0.818. The third-order valence-electron chi connectivity index (χ3n) is 3.06. The van der Waals surface area contributed by atoms with Crippen LogP contribution in [0.25, 0.3) is 11.0 Å². The van der Waals surface area contributed by atoms with Crippen LogP contribution in [0.2, 0.25) is 0 Å². The number of rotatable bonds is 2. The molecule has 3 rings (SSSR count). The van der Waals surface area contributed by atoms with Crippen LogP contribution in [-0.2, 0) is 7.05 Å². The Kier molecular flexibility index (Phi) is 2.64. The summed E-state index contributed by atoms with van der Waals surface area (Å²) >= 11 is 0. The maximum atomic E-state index is 5.94. The van der Waals surface area contributed by atoms with Gasteiger partial charge in [0.25, 0.3) is 0 Å². The van der Waals surface area contributed by atoms with Crippen LogP contribution in [-0.4, -0.2) is 38.9 Å². The van der Waals surface area contributed by atoms with Crippen molar-refractivity contribution < 1.29 is 4.74 Å². The number of fused-ring (bicyclic) bond motifs is 1. The van der Waals surface area contributed by atoms with Gasteiger partial charge in [-0.1, -0.05) is 0 Å². The third-order valence-corrected chi connectivity index (χ3v) is 3.06. The number of nitrogens with one attached hydrogen (secondary N) is 1. The van der Waals surface area contributed by atoms with Gasteiger partial charge in [0.05, 0.1) is 6.20 Å². The van der Waals surface area contributed by atoms with Crippen LogP contribution in [0.15, 0.2) is 12.5 Å². The van der Waals surface area contributed by atoms with E-state index in [1.807, 2.05) is 7.05 Å². The molecule has 1 aliphatic heterocycles.